The van der Waals surface area contributed by atoms with Crippen molar-refractivity contribution in [3.05, 3.63) is 33.9 Å². The molecule has 0 spiro atoms. The van der Waals surface area contributed by atoms with Crippen LogP contribution in [0.25, 0.3) is 0 Å². The van der Waals surface area contributed by atoms with Gasteiger partial charge in [0.1, 0.15) is 16.9 Å². The number of carbonyl (C=O) groups is 2. The van der Waals surface area contributed by atoms with Gasteiger partial charge in [-0.05, 0) is 41.5 Å². The maximum Gasteiger partial charge on any atom is 0.424 e. The largest absolute Gasteiger partial charge is 0.443 e. The molecule has 0 N–H and O–H groups in total. The zero-order chi connectivity index (χ0) is 20.4. The molecular formula is C16H20F2N2O6. The average molecular weight is 374 g/mol. The molecule has 0 heterocycles. The van der Waals surface area contributed by atoms with Crippen LogP contribution >= 0.6 is 0 Å². The number of carbonyl (C=O) groups excluding carboxylic acids is 2. The van der Waals surface area contributed by atoms with E-state index in [1.54, 1.807) is 0 Å². The minimum absolute atomic E-state index is 0.151. The van der Waals surface area contributed by atoms with Crippen molar-refractivity contribution in [2.45, 2.75) is 52.7 Å². The molecule has 0 saturated heterocycles. The molecular weight excluding hydrogens is 354 g/mol. The number of rotatable bonds is 2. The van der Waals surface area contributed by atoms with E-state index in [9.17, 15) is 28.5 Å². The number of nitro groups is 1. The smallest absolute Gasteiger partial charge is 0.424 e. The molecule has 0 aliphatic carbocycles. The molecule has 0 bridgehead atoms. The average Bonchev–Trinajstić information content (AvgIpc) is 2.36. The van der Waals surface area contributed by atoms with Crippen LogP contribution in [0.5, 0.6) is 0 Å². The van der Waals surface area contributed by atoms with E-state index < -0.39 is 51.3 Å². The number of ether oxygens (including phenoxy) is 2. The Balaban J connectivity index is 3.50. The van der Waals surface area contributed by atoms with E-state index in [0.717, 1.165) is 0 Å². The molecule has 0 radical (unpaired) electrons. The number of benzene rings is 1. The van der Waals surface area contributed by atoms with Crippen LogP contribution in [0.3, 0.4) is 0 Å². The summed E-state index contributed by atoms with van der Waals surface area (Å²) in [6.45, 7) is 9.01. The Morgan fingerprint density at radius 1 is 0.962 bits per heavy atom. The van der Waals surface area contributed by atoms with Crippen molar-refractivity contribution >= 4 is 23.6 Å². The van der Waals surface area contributed by atoms with Gasteiger partial charge in [-0.25, -0.2) is 14.0 Å². The summed E-state index contributed by atoms with van der Waals surface area (Å²) < 4.78 is 37.8. The summed E-state index contributed by atoms with van der Waals surface area (Å²) in [5, 5.41) is 10.9. The van der Waals surface area contributed by atoms with Crippen LogP contribution in [0.2, 0.25) is 0 Å². The quantitative estimate of drug-likeness (QED) is 0.556. The van der Waals surface area contributed by atoms with Crippen LogP contribution < -0.4 is 4.90 Å². The lowest BCUT2D eigenvalue weighted by Crippen LogP contribution is -2.44. The highest BCUT2D eigenvalue weighted by molar-refractivity contribution is 6.09. The van der Waals surface area contributed by atoms with Crippen molar-refractivity contribution in [3.63, 3.8) is 0 Å². The van der Waals surface area contributed by atoms with Gasteiger partial charge < -0.3 is 9.47 Å². The van der Waals surface area contributed by atoms with E-state index in [1.807, 2.05) is 0 Å². The van der Waals surface area contributed by atoms with Crippen LogP contribution in [0.1, 0.15) is 41.5 Å². The summed E-state index contributed by atoms with van der Waals surface area (Å²) in [7, 11) is 0. The van der Waals surface area contributed by atoms with Crippen molar-refractivity contribution in [3.8, 4) is 0 Å². The van der Waals surface area contributed by atoms with E-state index >= 15 is 0 Å². The molecule has 0 atom stereocenters. The molecule has 2 amide bonds. The molecule has 10 heteroatoms. The lowest BCUT2D eigenvalue weighted by molar-refractivity contribution is -0.387. The van der Waals surface area contributed by atoms with Gasteiger partial charge in [-0.15, -0.1) is 0 Å². The standard InChI is InChI=1S/C16H20F2N2O6/c1-15(2,3)25-13(21)19(14(22)26-16(4,5)6)11-8-12(20(23)24)10(18)7-9(11)17/h7-8H,1-6H3. The molecule has 1 aromatic carbocycles. The molecule has 0 saturated carbocycles. The molecule has 26 heavy (non-hydrogen) atoms. The Kier molecular flexibility index (Phi) is 5.91. The second-order valence-corrected chi connectivity index (χ2v) is 7.31. The van der Waals surface area contributed by atoms with Gasteiger partial charge in [-0.3, -0.25) is 10.1 Å². The molecule has 0 aliphatic rings. The van der Waals surface area contributed by atoms with Crippen LogP contribution in [0, 0.1) is 21.7 Å². The number of nitrogens with zero attached hydrogens (tertiary/aromatic N) is 2. The first-order valence-electron chi connectivity index (χ1n) is 7.52. The molecule has 1 aromatic rings. The maximum atomic E-state index is 14.2. The predicted molar refractivity (Wildman–Crippen MR) is 88.0 cm³/mol. The fraction of sp³-hybridized carbons (Fsp3) is 0.500. The second kappa shape index (κ2) is 7.22. The highest BCUT2D eigenvalue weighted by Gasteiger charge is 2.36. The molecule has 0 aliphatic heterocycles. The van der Waals surface area contributed by atoms with Crippen LogP contribution in [0.4, 0.5) is 29.7 Å². The maximum absolute atomic E-state index is 14.2. The number of hydrogen-bond donors (Lipinski definition) is 0. The number of hydrogen-bond acceptors (Lipinski definition) is 6. The summed E-state index contributed by atoms with van der Waals surface area (Å²) in [4.78, 5) is 34.7. The zero-order valence-electron chi connectivity index (χ0n) is 15.3. The van der Waals surface area contributed by atoms with Gasteiger partial charge in [-0.2, -0.15) is 9.29 Å². The third-order valence-electron chi connectivity index (χ3n) is 2.61. The summed E-state index contributed by atoms with van der Waals surface area (Å²) in [5.74, 6) is -2.82. The third-order valence-corrected chi connectivity index (χ3v) is 2.61. The molecule has 0 fully saturated rings. The number of nitro benzene ring substituents is 1. The Morgan fingerprint density at radius 3 is 1.73 bits per heavy atom. The van der Waals surface area contributed by atoms with Crippen molar-refractivity contribution < 1.29 is 32.8 Å². The lowest BCUT2D eigenvalue weighted by atomic mass is 10.2. The molecule has 0 aromatic heterocycles. The first kappa shape index (κ1) is 21.3. The first-order valence-corrected chi connectivity index (χ1v) is 7.52. The van der Waals surface area contributed by atoms with Gasteiger partial charge in [0.2, 0.25) is 5.82 Å². The van der Waals surface area contributed by atoms with Gasteiger partial charge in [0.15, 0.2) is 5.82 Å². The number of halogens is 2. The summed E-state index contributed by atoms with van der Waals surface area (Å²) >= 11 is 0. The summed E-state index contributed by atoms with van der Waals surface area (Å²) in [6.07, 6.45) is -2.65. The Bertz CT molecular complexity index is 709. The van der Waals surface area contributed by atoms with Gasteiger partial charge in [0.25, 0.3) is 0 Å². The van der Waals surface area contributed by atoms with E-state index in [1.165, 1.54) is 41.5 Å². The Morgan fingerprint density at radius 2 is 1.38 bits per heavy atom. The van der Waals surface area contributed by atoms with E-state index in [4.69, 9.17) is 9.47 Å². The topological polar surface area (TPSA) is 99.0 Å². The van der Waals surface area contributed by atoms with Crippen molar-refractivity contribution in [1.29, 1.82) is 0 Å². The zero-order valence-corrected chi connectivity index (χ0v) is 15.3. The first-order chi connectivity index (χ1) is 11.6. The normalized spacial score (nSPS) is 11.7. The van der Waals surface area contributed by atoms with Crippen molar-refractivity contribution in [2.24, 2.45) is 0 Å². The van der Waals surface area contributed by atoms with Gasteiger partial charge in [0, 0.05) is 12.1 Å². The highest BCUT2D eigenvalue weighted by Crippen LogP contribution is 2.30. The predicted octanol–water partition coefficient (Wildman–Crippen LogP) is 4.55. The number of imide groups is 1. The van der Waals surface area contributed by atoms with Crippen LogP contribution in [0.15, 0.2) is 12.1 Å². The SMILES string of the molecule is CC(C)(C)OC(=O)N(C(=O)OC(C)(C)C)c1cc([N+](=O)[O-])c(F)cc1F. The molecule has 0 unspecified atom stereocenters. The number of anilines is 1. The second-order valence-electron chi connectivity index (χ2n) is 7.31. The Labute approximate surface area is 148 Å². The van der Waals surface area contributed by atoms with E-state index in [0.29, 0.717) is 6.07 Å². The van der Waals surface area contributed by atoms with Crippen LogP contribution in [-0.2, 0) is 9.47 Å². The van der Waals surface area contributed by atoms with Crippen LogP contribution in [-0.4, -0.2) is 28.3 Å². The number of amides is 2. The fourth-order valence-corrected chi connectivity index (χ4v) is 1.72. The fourth-order valence-electron chi connectivity index (χ4n) is 1.72. The lowest BCUT2D eigenvalue weighted by Gasteiger charge is -2.28. The van der Waals surface area contributed by atoms with Gasteiger partial charge >= 0.3 is 17.9 Å². The highest BCUT2D eigenvalue weighted by atomic mass is 19.1. The van der Waals surface area contributed by atoms with E-state index in [2.05, 4.69) is 0 Å². The summed E-state index contributed by atoms with van der Waals surface area (Å²) in [6, 6.07) is 0.633. The van der Waals surface area contributed by atoms with Crippen molar-refractivity contribution in [2.75, 3.05) is 4.90 Å². The minimum Gasteiger partial charge on any atom is -0.443 e. The Hall–Kier alpha value is -2.78. The molecule has 144 valence electrons. The monoisotopic (exact) mass is 374 g/mol. The molecule has 8 nitrogen and oxygen atoms in total. The third kappa shape index (κ3) is 5.64. The van der Waals surface area contributed by atoms with Crippen molar-refractivity contribution in [1.82, 2.24) is 0 Å². The summed E-state index contributed by atoms with van der Waals surface area (Å²) in [5.41, 5.74) is -4.08. The van der Waals surface area contributed by atoms with E-state index in [-0.39, 0.29) is 11.0 Å². The minimum atomic E-state index is -1.45. The van der Waals surface area contributed by atoms with Gasteiger partial charge in [0.05, 0.1) is 4.92 Å². The molecule has 1 rings (SSSR count). The van der Waals surface area contributed by atoms with Gasteiger partial charge in [-0.1, -0.05) is 0 Å².